The van der Waals surface area contributed by atoms with Crippen LogP contribution >= 0.6 is 11.8 Å². The number of hydrogen-bond donors (Lipinski definition) is 1. The normalized spacial score (nSPS) is 23.4. The van der Waals surface area contributed by atoms with Gasteiger partial charge in [0.25, 0.3) is 5.91 Å². The summed E-state index contributed by atoms with van der Waals surface area (Å²) >= 11 is 1.84. The lowest BCUT2D eigenvalue weighted by Crippen LogP contribution is -2.48. The molecule has 4 rings (SSSR count). The van der Waals surface area contributed by atoms with E-state index in [1.165, 1.54) is 51.5 Å². The van der Waals surface area contributed by atoms with E-state index in [-0.39, 0.29) is 5.91 Å². The monoisotopic (exact) mass is 371 g/mol. The maximum atomic E-state index is 12.0. The molecule has 0 radical (unpaired) electrons. The van der Waals surface area contributed by atoms with E-state index in [1.807, 2.05) is 23.9 Å². The average Bonchev–Trinajstić information content (AvgIpc) is 3.22. The summed E-state index contributed by atoms with van der Waals surface area (Å²) < 4.78 is 5.10. The molecule has 2 aliphatic heterocycles. The molecule has 5 nitrogen and oxygen atoms in total. The molecule has 0 bridgehead atoms. The molecule has 4 heterocycles. The van der Waals surface area contributed by atoms with E-state index in [9.17, 15) is 4.79 Å². The predicted octanol–water partition coefficient (Wildman–Crippen LogP) is 4.28. The highest BCUT2D eigenvalue weighted by Crippen LogP contribution is 2.34. The minimum Gasteiger partial charge on any atom is -0.459 e. The first-order valence-electron chi connectivity index (χ1n) is 9.47. The molecule has 2 saturated heterocycles. The second-order valence-electron chi connectivity index (χ2n) is 7.13. The summed E-state index contributed by atoms with van der Waals surface area (Å²) in [6.45, 7) is 2.57. The molecule has 2 atom stereocenters. The molecule has 2 aromatic rings. The smallest absolute Gasteiger partial charge is 0.291 e. The van der Waals surface area contributed by atoms with Crippen LogP contribution in [0.1, 0.15) is 42.7 Å². The molecule has 1 N–H and O–H groups in total. The first kappa shape index (κ1) is 17.6. The molecule has 2 aliphatic rings. The van der Waals surface area contributed by atoms with Crippen molar-refractivity contribution in [2.75, 3.05) is 24.2 Å². The number of furan rings is 1. The minimum absolute atomic E-state index is 0.253. The van der Waals surface area contributed by atoms with Crippen molar-refractivity contribution in [1.82, 2.24) is 9.88 Å². The zero-order chi connectivity index (χ0) is 17.8. The first-order chi connectivity index (χ1) is 12.8. The number of anilines is 1. The van der Waals surface area contributed by atoms with Gasteiger partial charge in [-0.3, -0.25) is 4.79 Å². The zero-order valence-corrected chi connectivity index (χ0v) is 15.7. The number of rotatable bonds is 5. The van der Waals surface area contributed by atoms with Crippen LogP contribution in [-0.2, 0) is 0 Å². The summed E-state index contributed by atoms with van der Waals surface area (Å²) in [6, 6.07) is 8.02. The van der Waals surface area contributed by atoms with E-state index in [2.05, 4.69) is 15.2 Å². The molecule has 2 unspecified atom stereocenters. The number of piperidine rings is 2. The van der Waals surface area contributed by atoms with Gasteiger partial charge in [0.1, 0.15) is 0 Å². The second kappa shape index (κ2) is 8.27. The molecular formula is C20H25N3O2S. The number of pyridine rings is 1. The Morgan fingerprint density at radius 3 is 2.96 bits per heavy atom. The summed E-state index contributed by atoms with van der Waals surface area (Å²) in [4.78, 5) is 19.2. The van der Waals surface area contributed by atoms with Crippen LogP contribution in [0.4, 0.5) is 5.69 Å². The topological polar surface area (TPSA) is 58.4 Å². The van der Waals surface area contributed by atoms with Crippen LogP contribution in [0.3, 0.4) is 0 Å². The largest absolute Gasteiger partial charge is 0.459 e. The molecule has 138 valence electrons. The van der Waals surface area contributed by atoms with E-state index in [0.29, 0.717) is 11.4 Å². The zero-order valence-electron chi connectivity index (χ0n) is 14.9. The van der Waals surface area contributed by atoms with Gasteiger partial charge in [0, 0.05) is 11.8 Å². The lowest BCUT2D eigenvalue weighted by Gasteiger charge is -2.44. The van der Waals surface area contributed by atoms with Gasteiger partial charge in [0.05, 0.1) is 23.2 Å². The van der Waals surface area contributed by atoms with Gasteiger partial charge in [-0.15, -0.1) is 11.8 Å². The minimum atomic E-state index is -0.253. The first-order valence-corrected chi connectivity index (χ1v) is 10.5. The van der Waals surface area contributed by atoms with Crippen molar-refractivity contribution in [2.45, 2.75) is 43.2 Å². The van der Waals surface area contributed by atoms with Crippen LogP contribution in [0.2, 0.25) is 0 Å². The van der Waals surface area contributed by atoms with E-state index in [4.69, 9.17) is 4.42 Å². The van der Waals surface area contributed by atoms with Crippen LogP contribution in [0.15, 0.2) is 46.2 Å². The maximum Gasteiger partial charge on any atom is 0.291 e. The molecule has 2 fully saturated rings. The summed E-state index contributed by atoms with van der Waals surface area (Å²) in [5.41, 5.74) is 0.687. The number of aromatic nitrogens is 1. The molecule has 6 heteroatoms. The Kier molecular flexibility index (Phi) is 5.60. The van der Waals surface area contributed by atoms with E-state index < -0.39 is 0 Å². The Bertz CT molecular complexity index is 715. The summed E-state index contributed by atoms with van der Waals surface area (Å²) in [7, 11) is 0. The van der Waals surface area contributed by atoms with Crippen molar-refractivity contribution < 1.29 is 9.21 Å². The van der Waals surface area contributed by atoms with E-state index in [0.717, 1.165) is 22.7 Å². The lowest BCUT2D eigenvalue weighted by molar-refractivity contribution is 0.0693. The third-order valence-corrected chi connectivity index (χ3v) is 6.55. The van der Waals surface area contributed by atoms with Crippen LogP contribution in [0, 0.1) is 5.92 Å². The van der Waals surface area contributed by atoms with Gasteiger partial charge >= 0.3 is 0 Å². The Hall–Kier alpha value is -1.79. The molecule has 0 aliphatic carbocycles. The third kappa shape index (κ3) is 4.13. The second-order valence-corrected chi connectivity index (χ2v) is 8.17. The van der Waals surface area contributed by atoms with Gasteiger partial charge in [-0.05, 0) is 69.0 Å². The number of nitrogens with one attached hydrogen (secondary N) is 1. The maximum absolute atomic E-state index is 12.0. The predicted molar refractivity (Wildman–Crippen MR) is 104 cm³/mol. The lowest BCUT2D eigenvalue weighted by atomic mass is 9.85. The fourth-order valence-electron chi connectivity index (χ4n) is 4.10. The average molecular weight is 372 g/mol. The number of carbonyl (C=O) groups is 1. The Labute approximate surface area is 158 Å². The van der Waals surface area contributed by atoms with Crippen LogP contribution in [0.25, 0.3) is 0 Å². The molecule has 1 amide bonds. The molecule has 26 heavy (non-hydrogen) atoms. The van der Waals surface area contributed by atoms with Crippen LogP contribution in [-0.4, -0.2) is 40.7 Å². The third-order valence-electron chi connectivity index (χ3n) is 5.41. The SMILES string of the molecule is O=C(Nc1ccc(SCC2CCCN3CCCCC23)nc1)c1ccco1. The number of nitrogens with zero attached hydrogens (tertiary/aromatic N) is 2. The summed E-state index contributed by atoms with van der Waals surface area (Å²) in [5.74, 6) is 1.95. The highest BCUT2D eigenvalue weighted by molar-refractivity contribution is 7.99. The van der Waals surface area contributed by atoms with Gasteiger partial charge in [0.15, 0.2) is 5.76 Å². The van der Waals surface area contributed by atoms with Crippen molar-refractivity contribution in [2.24, 2.45) is 5.92 Å². The van der Waals surface area contributed by atoms with E-state index >= 15 is 0 Å². The quantitative estimate of drug-likeness (QED) is 0.795. The van der Waals surface area contributed by atoms with Crippen LogP contribution in [0.5, 0.6) is 0 Å². The van der Waals surface area contributed by atoms with Gasteiger partial charge < -0.3 is 14.6 Å². The standard InChI is InChI=1S/C20H25N3O2S/c24-20(18-7-4-12-25-18)22-16-8-9-19(21-13-16)26-14-15-5-3-11-23-10-2-1-6-17(15)23/h4,7-9,12-13,15,17H,1-3,5-6,10-11,14H2,(H,22,24). The van der Waals surface area contributed by atoms with Crippen molar-refractivity contribution in [3.63, 3.8) is 0 Å². The molecule has 0 spiro atoms. The molecule has 0 aromatic carbocycles. The van der Waals surface area contributed by atoms with Gasteiger partial charge in [-0.25, -0.2) is 4.98 Å². The highest BCUT2D eigenvalue weighted by Gasteiger charge is 2.32. The Morgan fingerprint density at radius 1 is 1.23 bits per heavy atom. The number of hydrogen-bond acceptors (Lipinski definition) is 5. The fourth-order valence-corrected chi connectivity index (χ4v) is 5.17. The van der Waals surface area contributed by atoms with Gasteiger partial charge in [-0.1, -0.05) is 6.42 Å². The van der Waals surface area contributed by atoms with Crippen LogP contribution < -0.4 is 5.32 Å². The number of carbonyl (C=O) groups excluding carboxylic acids is 1. The van der Waals surface area contributed by atoms with Crippen molar-refractivity contribution in [3.05, 3.63) is 42.5 Å². The number of fused-ring (bicyclic) bond motifs is 1. The highest BCUT2D eigenvalue weighted by atomic mass is 32.2. The fraction of sp³-hybridized carbons (Fsp3) is 0.500. The molecular weight excluding hydrogens is 346 g/mol. The number of thioether (sulfide) groups is 1. The Morgan fingerprint density at radius 2 is 2.15 bits per heavy atom. The van der Waals surface area contributed by atoms with Crippen molar-refractivity contribution in [1.29, 1.82) is 0 Å². The van der Waals surface area contributed by atoms with E-state index in [1.54, 1.807) is 18.3 Å². The summed E-state index contributed by atoms with van der Waals surface area (Å²) in [5, 5.41) is 3.83. The molecule has 0 saturated carbocycles. The van der Waals surface area contributed by atoms with Gasteiger partial charge in [0.2, 0.25) is 0 Å². The van der Waals surface area contributed by atoms with Crippen molar-refractivity contribution in [3.8, 4) is 0 Å². The number of amides is 1. The Balaban J connectivity index is 1.30. The summed E-state index contributed by atoms with van der Waals surface area (Å²) in [6.07, 6.45) is 9.98. The van der Waals surface area contributed by atoms with Gasteiger partial charge in [-0.2, -0.15) is 0 Å². The molecule has 2 aromatic heterocycles. The van der Waals surface area contributed by atoms with Crippen molar-refractivity contribution >= 4 is 23.4 Å².